The van der Waals surface area contributed by atoms with Crippen molar-refractivity contribution in [3.63, 3.8) is 0 Å². The maximum Gasteiger partial charge on any atom is 0.220 e. The minimum atomic E-state index is -1.57. The normalized spacial score (nSPS) is 20.4. The summed E-state index contributed by atoms with van der Waals surface area (Å²) in [6.07, 6.45) is 58.9. The molecule has 0 spiro atoms. The Morgan fingerprint density at radius 1 is 0.522 bits per heavy atom. The summed E-state index contributed by atoms with van der Waals surface area (Å²) in [7, 11) is 0. The molecule has 0 saturated carbocycles. The lowest BCUT2D eigenvalue weighted by molar-refractivity contribution is -0.302. The first-order valence-corrected chi connectivity index (χ1v) is 27.3. The lowest BCUT2D eigenvalue weighted by Crippen LogP contribution is -2.60. The van der Waals surface area contributed by atoms with Gasteiger partial charge in [-0.25, -0.2) is 0 Å². The van der Waals surface area contributed by atoms with Crippen molar-refractivity contribution in [3.05, 3.63) is 85.1 Å². The Hall–Kier alpha value is -2.63. The molecule has 0 radical (unpaired) electrons. The highest BCUT2D eigenvalue weighted by Gasteiger charge is 2.44. The quantitative estimate of drug-likeness (QED) is 0.0261. The number of hydrogen-bond acceptors (Lipinski definition) is 8. The minimum Gasteiger partial charge on any atom is -0.394 e. The maximum atomic E-state index is 13.0. The van der Waals surface area contributed by atoms with Crippen LogP contribution in [0.4, 0.5) is 0 Å². The van der Waals surface area contributed by atoms with Crippen LogP contribution in [0.2, 0.25) is 0 Å². The van der Waals surface area contributed by atoms with Gasteiger partial charge in [-0.1, -0.05) is 234 Å². The molecule has 0 aromatic heterocycles. The van der Waals surface area contributed by atoms with Crippen LogP contribution in [0.5, 0.6) is 0 Å². The molecule has 1 saturated heterocycles. The molecule has 9 nitrogen and oxygen atoms in total. The maximum absolute atomic E-state index is 13.0. The van der Waals surface area contributed by atoms with Crippen molar-refractivity contribution >= 4 is 5.91 Å². The number of rotatable bonds is 45. The molecule has 6 N–H and O–H groups in total. The monoisotopic (exact) mass is 940 g/mol. The summed E-state index contributed by atoms with van der Waals surface area (Å²) in [5.74, 6) is -0.203. The molecule has 67 heavy (non-hydrogen) atoms. The van der Waals surface area contributed by atoms with Gasteiger partial charge >= 0.3 is 0 Å². The largest absolute Gasteiger partial charge is 0.394 e. The molecule has 0 aliphatic carbocycles. The summed E-state index contributed by atoms with van der Waals surface area (Å²) >= 11 is 0. The first-order chi connectivity index (χ1) is 32.8. The molecule has 1 rings (SSSR count). The number of hydrogen-bond donors (Lipinski definition) is 6. The van der Waals surface area contributed by atoms with Crippen molar-refractivity contribution in [3.8, 4) is 0 Å². The molecule has 0 aromatic carbocycles. The van der Waals surface area contributed by atoms with Crippen LogP contribution in [-0.2, 0) is 14.3 Å². The number of unbranched alkanes of at least 4 members (excludes halogenated alkanes) is 21. The average molecular weight is 940 g/mol. The van der Waals surface area contributed by atoms with Crippen molar-refractivity contribution in [2.75, 3.05) is 13.2 Å². The van der Waals surface area contributed by atoms with E-state index in [1.807, 2.05) is 0 Å². The van der Waals surface area contributed by atoms with E-state index in [2.05, 4.69) is 104 Å². The van der Waals surface area contributed by atoms with E-state index < -0.39 is 49.5 Å². The third kappa shape index (κ3) is 36.9. The second-order valence-electron chi connectivity index (χ2n) is 18.6. The number of carbonyl (C=O) groups excluding carboxylic acids is 1. The summed E-state index contributed by atoms with van der Waals surface area (Å²) < 4.78 is 11.3. The number of aliphatic hydroxyl groups excluding tert-OH is 5. The van der Waals surface area contributed by atoms with E-state index in [-0.39, 0.29) is 18.9 Å². The van der Waals surface area contributed by atoms with Crippen LogP contribution in [0.25, 0.3) is 0 Å². The summed E-state index contributed by atoms with van der Waals surface area (Å²) in [6, 6.07) is -0.756. The number of allylic oxidation sites excluding steroid dienone is 14. The van der Waals surface area contributed by atoms with Gasteiger partial charge in [0.15, 0.2) is 6.29 Å². The first kappa shape index (κ1) is 62.4. The van der Waals surface area contributed by atoms with Crippen molar-refractivity contribution in [2.45, 2.75) is 262 Å². The lowest BCUT2D eigenvalue weighted by Gasteiger charge is -2.40. The fourth-order valence-corrected chi connectivity index (χ4v) is 8.21. The Bertz CT molecular complexity index is 1320. The molecule has 0 aromatic rings. The number of aliphatic hydroxyl groups is 5. The average Bonchev–Trinajstić information content (AvgIpc) is 3.33. The van der Waals surface area contributed by atoms with Gasteiger partial charge in [-0.2, -0.15) is 0 Å². The fraction of sp³-hybridized carbons (Fsp3) is 0.741. The van der Waals surface area contributed by atoms with Crippen molar-refractivity contribution in [1.29, 1.82) is 0 Å². The second kappa shape index (κ2) is 47.1. The van der Waals surface area contributed by atoms with E-state index in [0.29, 0.717) is 12.8 Å². The van der Waals surface area contributed by atoms with E-state index in [1.165, 1.54) is 116 Å². The molecule has 0 bridgehead atoms. The van der Waals surface area contributed by atoms with Crippen LogP contribution in [0, 0.1) is 0 Å². The Morgan fingerprint density at radius 3 is 1.31 bits per heavy atom. The van der Waals surface area contributed by atoms with Crippen LogP contribution in [0.3, 0.4) is 0 Å². The van der Waals surface area contributed by atoms with Crippen LogP contribution in [-0.4, -0.2) is 87.5 Å². The Morgan fingerprint density at radius 2 is 0.910 bits per heavy atom. The van der Waals surface area contributed by atoms with E-state index in [4.69, 9.17) is 9.47 Å². The predicted molar refractivity (Wildman–Crippen MR) is 281 cm³/mol. The van der Waals surface area contributed by atoms with E-state index >= 15 is 0 Å². The summed E-state index contributed by atoms with van der Waals surface area (Å²) in [4.78, 5) is 13.0. The summed E-state index contributed by atoms with van der Waals surface area (Å²) in [5.41, 5.74) is 0. The van der Waals surface area contributed by atoms with E-state index in [9.17, 15) is 30.3 Å². The Kier molecular flexibility index (Phi) is 43.8. The van der Waals surface area contributed by atoms with Crippen LogP contribution < -0.4 is 5.32 Å². The number of carbonyl (C=O) groups is 1. The molecule has 7 atom stereocenters. The minimum absolute atomic E-state index is 0.166. The molecule has 1 aliphatic rings. The van der Waals surface area contributed by atoms with Crippen LogP contribution in [0.15, 0.2) is 85.1 Å². The zero-order valence-corrected chi connectivity index (χ0v) is 42.6. The molecule has 9 heteroatoms. The number of amides is 1. The third-order valence-corrected chi connectivity index (χ3v) is 12.5. The van der Waals surface area contributed by atoms with Gasteiger partial charge in [0.25, 0.3) is 0 Å². The Labute approximate surface area is 410 Å². The first-order valence-electron chi connectivity index (χ1n) is 27.3. The van der Waals surface area contributed by atoms with Gasteiger partial charge < -0.3 is 40.3 Å². The predicted octanol–water partition coefficient (Wildman–Crippen LogP) is 13.1. The SMILES string of the molecule is CC/C=C\C/C=C\C/C=C\C/C=C\C/C=C\C/C=C\C/C=C\CCCC(=O)NC(COC1OC(CO)C(O)C(O)C1O)C(O)CCCCCCCCCCCCCCCCCCCCCCC. The van der Waals surface area contributed by atoms with Gasteiger partial charge in [0.1, 0.15) is 24.4 Å². The van der Waals surface area contributed by atoms with Gasteiger partial charge in [-0.05, 0) is 64.2 Å². The molecule has 7 unspecified atom stereocenters. The summed E-state index contributed by atoms with van der Waals surface area (Å²) in [6.45, 7) is 3.70. The Balaban J connectivity index is 2.31. The van der Waals surface area contributed by atoms with Crippen LogP contribution >= 0.6 is 0 Å². The van der Waals surface area contributed by atoms with Crippen molar-refractivity contribution in [1.82, 2.24) is 5.32 Å². The smallest absolute Gasteiger partial charge is 0.220 e. The van der Waals surface area contributed by atoms with Gasteiger partial charge in [0.05, 0.1) is 25.4 Å². The standard InChI is InChI=1S/C58H101NO8/c1-3-5-7-9-11-13-15-17-19-21-23-25-26-28-30-32-34-36-38-40-42-44-46-48-54(62)59-51(50-66-58-57(65)56(64)55(63)53(49-60)67-58)52(61)47-45-43-41-39-37-35-33-31-29-27-24-22-20-18-16-14-12-10-8-6-4-2/h5,7,11,13,17,19,23,25,28,30,34,36,40,42,51-53,55-58,60-61,63-65H,3-4,6,8-10,12,14-16,18,20-22,24,26-27,29,31-33,35,37-39,41,43-50H2,1-2H3,(H,59,62)/b7-5-,13-11-,19-17-,25-23-,30-28-,36-34-,42-40-. The van der Waals surface area contributed by atoms with Crippen LogP contribution in [0.1, 0.15) is 219 Å². The van der Waals surface area contributed by atoms with Gasteiger partial charge in [-0.15, -0.1) is 0 Å². The lowest BCUT2D eigenvalue weighted by atomic mass is 9.99. The number of nitrogens with one attached hydrogen (secondary N) is 1. The molecule has 386 valence electrons. The zero-order valence-electron chi connectivity index (χ0n) is 42.6. The molecule has 1 heterocycles. The zero-order chi connectivity index (χ0) is 48.7. The molecule has 1 fully saturated rings. The molecule has 1 aliphatic heterocycles. The highest BCUT2D eigenvalue weighted by atomic mass is 16.7. The number of ether oxygens (including phenoxy) is 2. The van der Waals surface area contributed by atoms with Gasteiger partial charge in [-0.3, -0.25) is 4.79 Å². The topological polar surface area (TPSA) is 149 Å². The molecular formula is C58H101NO8. The van der Waals surface area contributed by atoms with E-state index in [1.54, 1.807) is 0 Å². The van der Waals surface area contributed by atoms with Crippen molar-refractivity contribution in [2.24, 2.45) is 0 Å². The van der Waals surface area contributed by atoms with E-state index in [0.717, 1.165) is 70.6 Å². The molecule has 1 amide bonds. The van der Waals surface area contributed by atoms with Crippen molar-refractivity contribution < 1.29 is 39.8 Å². The highest BCUT2D eigenvalue weighted by molar-refractivity contribution is 5.76. The van der Waals surface area contributed by atoms with Gasteiger partial charge in [0.2, 0.25) is 5.91 Å². The molecular weight excluding hydrogens is 839 g/mol. The van der Waals surface area contributed by atoms with Gasteiger partial charge in [0, 0.05) is 6.42 Å². The second-order valence-corrected chi connectivity index (χ2v) is 18.6. The third-order valence-electron chi connectivity index (χ3n) is 12.5. The highest BCUT2D eigenvalue weighted by Crippen LogP contribution is 2.23. The summed E-state index contributed by atoms with van der Waals surface area (Å²) in [5, 5.41) is 54.6. The fourth-order valence-electron chi connectivity index (χ4n) is 8.21.